The van der Waals surface area contributed by atoms with Crippen LogP contribution in [0.3, 0.4) is 0 Å². The molecular formula is C25H33NO6. The number of likely N-dealkylation sites (tertiary alicyclic amines) is 1. The second kappa shape index (κ2) is 8.96. The van der Waals surface area contributed by atoms with Crippen LogP contribution < -0.4 is 0 Å². The van der Waals surface area contributed by atoms with E-state index in [1.807, 2.05) is 41.5 Å². The fraction of sp³-hybridized carbons (Fsp3) is 0.560. The monoisotopic (exact) mass is 443 g/mol. The Kier molecular flexibility index (Phi) is 6.67. The van der Waals surface area contributed by atoms with E-state index in [2.05, 4.69) is 0 Å². The lowest BCUT2D eigenvalue weighted by Gasteiger charge is -2.28. The van der Waals surface area contributed by atoms with E-state index in [4.69, 9.17) is 13.9 Å². The molecule has 0 unspecified atom stereocenters. The Balaban J connectivity index is 1.84. The summed E-state index contributed by atoms with van der Waals surface area (Å²) in [6, 6.07) is 5.23. The summed E-state index contributed by atoms with van der Waals surface area (Å²) in [6.45, 7) is 12.0. The van der Waals surface area contributed by atoms with E-state index in [0.717, 1.165) is 17.2 Å². The molecule has 1 amide bonds. The van der Waals surface area contributed by atoms with Crippen LogP contribution in [0.25, 0.3) is 11.0 Å². The van der Waals surface area contributed by atoms with Crippen LogP contribution in [-0.2, 0) is 20.7 Å². The molecule has 2 aromatic rings. The van der Waals surface area contributed by atoms with Gasteiger partial charge < -0.3 is 18.8 Å². The normalized spacial score (nSPS) is 17.9. The van der Waals surface area contributed by atoms with Gasteiger partial charge in [0, 0.05) is 24.0 Å². The van der Waals surface area contributed by atoms with Crippen LogP contribution in [0.1, 0.15) is 63.9 Å². The molecule has 1 saturated heterocycles. The van der Waals surface area contributed by atoms with Crippen molar-refractivity contribution in [2.24, 2.45) is 11.8 Å². The first kappa shape index (κ1) is 23.8. The number of aldehydes is 1. The first-order valence-electron chi connectivity index (χ1n) is 11.0. The maximum atomic E-state index is 13.2. The van der Waals surface area contributed by atoms with Gasteiger partial charge in [0.25, 0.3) is 0 Å². The van der Waals surface area contributed by atoms with Gasteiger partial charge in [-0.2, -0.15) is 0 Å². The van der Waals surface area contributed by atoms with Gasteiger partial charge in [0.15, 0.2) is 0 Å². The fourth-order valence-corrected chi connectivity index (χ4v) is 4.00. The maximum Gasteiger partial charge on any atom is 0.410 e. The first-order valence-corrected chi connectivity index (χ1v) is 11.0. The van der Waals surface area contributed by atoms with Crippen LogP contribution in [0.15, 0.2) is 28.9 Å². The second-order valence-electron chi connectivity index (χ2n) is 10.5. The predicted octanol–water partition coefficient (Wildman–Crippen LogP) is 5.00. The molecule has 1 aliphatic heterocycles. The summed E-state index contributed by atoms with van der Waals surface area (Å²) in [4.78, 5) is 38.6. The molecule has 0 bridgehead atoms. The minimum Gasteiger partial charge on any atom is -0.464 e. The number of carbonyl (C=O) groups excluding carboxylic acids is 3. The molecule has 1 aliphatic rings. The lowest BCUT2D eigenvalue weighted by Crippen LogP contribution is -2.38. The Labute approximate surface area is 189 Å². The average molecular weight is 444 g/mol. The highest BCUT2D eigenvalue weighted by atomic mass is 16.6. The van der Waals surface area contributed by atoms with Gasteiger partial charge in [0.2, 0.25) is 0 Å². The van der Waals surface area contributed by atoms with Crippen LogP contribution in [-0.4, -0.2) is 47.5 Å². The zero-order valence-electron chi connectivity index (χ0n) is 19.8. The zero-order valence-corrected chi connectivity index (χ0v) is 19.8. The molecule has 1 fully saturated rings. The van der Waals surface area contributed by atoms with Gasteiger partial charge >= 0.3 is 12.1 Å². The van der Waals surface area contributed by atoms with Crippen molar-refractivity contribution in [1.82, 2.24) is 4.90 Å². The minimum atomic E-state index is -0.623. The number of rotatable bonds is 5. The van der Waals surface area contributed by atoms with E-state index in [1.54, 1.807) is 29.4 Å². The van der Waals surface area contributed by atoms with Crippen LogP contribution in [0, 0.1) is 11.8 Å². The topological polar surface area (TPSA) is 86.0 Å². The summed E-state index contributed by atoms with van der Waals surface area (Å²) in [5, 5.41) is 0.810. The summed E-state index contributed by atoms with van der Waals surface area (Å²) in [5.41, 5.74) is 0.852. The largest absolute Gasteiger partial charge is 0.464 e. The van der Waals surface area contributed by atoms with Crippen LogP contribution in [0.2, 0.25) is 0 Å². The highest BCUT2D eigenvalue weighted by molar-refractivity contribution is 5.88. The molecule has 32 heavy (non-hydrogen) atoms. The molecule has 2 atom stereocenters. The van der Waals surface area contributed by atoms with E-state index in [-0.39, 0.29) is 18.0 Å². The van der Waals surface area contributed by atoms with Crippen molar-refractivity contribution in [3.8, 4) is 0 Å². The number of esters is 1. The number of benzene rings is 1. The minimum absolute atomic E-state index is 0.0726. The van der Waals surface area contributed by atoms with Crippen LogP contribution >= 0.6 is 0 Å². The number of furan rings is 1. The predicted molar refractivity (Wildman–Crippen MR) is 121 cm³/mol. The van der Waals surface area contributed by atoms with Crippen molar-refractivity contribution < 1.29 is 28.3 Å². The number of hydrogen-bond acceptors (Lipinski definition) is 6. The zero-order chi connectivity index (χ0) is 23.7. The number of fused-ring (bicyclic) bond motifs is 1. The number of ether oxygens (including phenoxy) is 2. The maximum absolute atomic E-state index is 13.2. The van der Waals surface area contributed by atoms with Crippen molar-refractivity contribution in [3.05, 3.63) is 35.6 Å². The third-order valence-corrected chi connectivity index (χ3v) is 5.41. The van der Waals surface area contributed by atoms with E-state index >= 15 is 0 Å². The van der Waals surface area contributed by atoms with Gasteiger partial charge in [-0.1, -0.05) is 0 Å². The lowest BCUT2D eigenvalue weighted by atomic mass is 9.85. The average Bonchev–Trinajstić information content (AvgIpc) is 3.30. The van der Waals surface area contributed by atoms with Crippen molar-refractivity contribution in [1.29, 1.82) is 0 Å². The molecular weight excluding hydrogens is 410 g/mol. The van der Waals surface area contributed by atoms with Crippen molar-refractivity contribution in [2.45, 2.75) is 65.6 Å². The number of nitrogens with zero attached hydrogens (tertiary/aromatic N) is 1. The molecule has 7 heteroatoms. The molecule has 0 aliphatic carbocycles. The molecule has 7 nitrogen and oxygen atoms in total. The molecule has 1 aromatic heterocycles. The second-order valence-corrected chi connectivity index (χ2v) is 10.5. The molecule has 0 N–H and O–H groups in total. The summed E-state index contributed by atoms with van der Waals surface area (Å²) in [6.07, 6.45) is 3.14. The SMILES string of the molecule is CC(C)(C)OC(=O)[C@@H](Cc1coc2ccc(C=O)cc12)[C@H]1CCN(C(=O)OC(C)(C)C)C1. The summed E-state index contributed by atoms with van der Waals surface area (Å²) in [5.74, 6) is -0.826. The standard InChI is InChI=1S/C25H33NO6/c1-24(2,3)31-22(28)20(17-9-10-26(13-17)23(29)32-25(4,5)6)12-18-15-30-21-8-7-16(14-27)11-19(18)21/h7-8,11,14-15,17,20H,9-10,12-13H2,1-6H3/t17-,20-/m0/s1. The number of amides is 1. The van der Waals surface area contributed by atoms with Gasteiger partial charge in [-0.3, -0.25) is 9.59 Å². The summed E-state index contributed by atoms with van der Waals surface area (Å²) >= 11 is 0. The highest BCUT2D eigenvalue weighted by Gasteiger charge is 2.39. The van der Waals surface area contributed by atoms with Gasteiger partial charge in [0.05, 0.1) is 12.2 Å². The van der Waals surface area contributed by atoms with Gasteiger partial charge in [-0.15, -0.1) is 0 Å². The van der Waals surface area contributed by atoms with Crippen LogP contribution in [0.5, 0.6) is 0 Å². The van der Waals surface area contributed by atoms with E-state index in [1.165, 1.54) is 0 Å². The lowest BCUT2D eigenvalue weighted by molar-refractivity contribution is -0.161. The van der Waals surface area contributed by atoms with E-state index in [0.29, 0.717) is 37.1 Å². The Morgan fingerprint density at radius 2 is 1.84 bits per heavy atom. The summed E-state index contributed by atoms with van der Waals surface area (Å²) in [7, 11) is 0. The Morgan fingerprint density at radius 1 is 1.16 bits per heavy atom. The van der Waals surface area contributed by atoms with Gasteiger partial charge in [0.1, 0.15) is 23.1 Å². The highest BCUT2D eigenvalue weighted by Crippen LogP contribution is 2.33. The molecule has 3 rings (SSSR count). The fourth-order valence-electron chi connectivity index (χ4n) is 4.00. The Bertz CT molecular complexity index is 994. The molecule has 1 aromatic carbocycles. The number of hydrogen-bond donors (Lipinski definition) is 0. The third kappa shape index (κ3) is 5.90. The number of carbonyl (C=O) groups is 3. The third-order valence-electron chi connectivity index (χ3n) is 5.41. The van der Waals surface area contributed by atoms with E-state index in [9.17, 15) is 14.4 Å². The van der Waals surface area contributed by atoms with Gasteiger partial charge in [-0.05, 0) is 84.1 Å². The molecule has 0 spiro atoms. The molecule has 0 saturated carbocycles. The van der Waals surface area contributed by atoms with Crippen molar-refractivity contribution in [2.75, 3.05) is 13.1 Å². The molecule has 0 radical (unpaired) electrons. The first-order chi connectivity index (χ1) is 14.9. The molecule has 2 heterocycles. The van der Waals surface area contributed by atoms with E-state index < -0.39 is 17.1 Å². The summed E-state index contributed by atoms with van der Waals surface area (Å²) < 4.78 is 16.9. The molecule has 174 valence electrons. The van der Waals surface area contributed by atoms with Crippen molar-refractivity contribution >= 4 is 29.3 Å². The Morgan fingerprint density at radius 3 is 2.47 bits per heavy atom. The van der Waals surface area contributed by atoms with Gasteiger partial charge in [-0.25, -0.2) is 4.79 Å². The van der Waals surface area contributed by atoms with Crippen LogP contribution in [0.4, 0.5) is 4.79 Å². The quantitative estimate of drug-likeness (QED) is 0.477. The Hall–Kier alpha value is -2.83. The van der Waals surface area contributed by atoms with Crippen molar-refractivity contribution in [3.63, 3.8) is 0 Å². The smallest absolute Gasteiger partial charge is 0.410 e.